The van der Waals surface area contributed by atoms with Crippen LogP contribution in [0.15, 0.2) is 0 Å². The van der Waals surface area contributed by atoms with Gasteiger partial charge in [0.15, 0.2) is 0 Å². The number of thioether (sulfide) groups is 1. The van der Waals surface area contributed by atoms with E-state index in [1.54, 1.807) is 0 Å². The van der Waals surface area contributed by atoms with E-state index in [0.717, 1.165) is 43.7 Å². The molecule has 0 spiro atoms. The maximum atomic E-state index is 12.5. The number of nitrogens with zero attached hydrogens (tertiary/aromatic N) is 1. The van der Waals surface area contributed by atoms with Crippen LogP contribution in [0, 0.1) is 5.92 Å². The molecule has 0 radical (unpaired) electrons. The molecule has 2 saturated heterocycles. The lowest BCUT2D eigenvalue weighted by Gasteiger charge is -2.40. The highest BCUT2D eigenvalue weighted by molar-refractivity contribution is 7.99. The topological polar surface area (TPSA) is 46.3 Å². The lowest BCUT2D eigenvalue weighted by molar-refractivity contribution is -0.140. The standard InChI is InChI=1S/C13H24N2OS/c1-10(14)12-4-2-3-7-15(12)13(16)11-5-8-17-9-6-11/h10-12H,2-9,14H2,1H3. The lowest BCUT2D eigenvalue weighted by Crippen LogP contribution is -2.53. The maximum absolute atomic E-state index is 12.5. The number of carbonyl (C=O) groups is 1. The fraction of sp³-hybridized carbons (Fsp3) is 0.923. The quantitative estimate of drug-likeness (QED) is 0.820. The van der Waals surface area contributed by atoms with Crippen LogP contribution in [0.2, 0.25) is 0 Å². The van der Waals surface area contributed by atoms with Crippen LogP contribution in [-0.2, 0) is 4.79 Å². The monoisotopic (exact) mass is 256 g/mol. The van der Waals surface area contributed by atoms with Crippen molar-refractivity contribution >= 4 is 17.7 Å². The molecule has 0 aromatic heterocycles. The molecule has 0 aromatic carbocycles. The summed E-state index contributed by atoms with van der Waals surface area (Å²) in [6.07, 6.45) is 5.58. The highest BCUT2D eigenvalue weighted by Crippen LogP contribution is 2.28. The van der Waals surface area contributed by atoms with Crippen molar-refractivity contribution in [3.8, 4) is 0 Å². The number of carbonyl (C=O) groups excluding carboxylic acids is 1. The van der Waals surface area contributed by atoms with Crippen LogP contribution in [0.1, 0.15) is 39.0 Å². The summed E-state index contributed by atoms with van der Waals surface area (Å²) in [4.78, 5) is 14.6. The van der Waals surface area contributed by atoms with Crippen molar-refractivity contribution in [1.29, 1.82) is 0 Å². The molecule has 2 atom stereocenters. The minimum atomic E-state index is 0.109. The van der Waals surface area contributed by atoms with Crippen molar-refractivity contribution < 1.29 is 4.79 Å². The van der Waals surface area contributed by atoms with E-state index in [4.69, 9.17) is 5.73 Å². The molecule has 0 aromatic rings. The normalized spacial score (nSPS) is 29.1. The summed E-state index contributed by atoms with van der Waals surface area (Å²) in [5.74, 6) is 2.95. The van der Waals surface area contributed by atoms with Crippen LogP contribution in [0.3, 0.4) is 0 Å². The highest BCUT2D eigenvalue weighted by atomic mass is 32.2. The van der Waals surface area contributed by atoms with E-state index >= 15 is 0 Å². The second kappa shape index (κ2) is 6.10. The molecular formula is C13H24N2OS. The predicted molar refractivity (Wildman–Crippen MR) is 73.1 cm³/mol. The first-order chi connectivity index (χ1) is 8.20. The Morgan fingerprint density at radius 3 is 2.65 bits per heavy atom. The Morgan fingerprint density at radius 1 is 1.29 bits per heavy atom. The van der Waals surface area contributed by atoms with E-state index in [9.17, 15) is 4.79 Å². The van der Waals surface area contributed by atoms with Gasteiger partial charge >= 0.3 is 0 Å². The van der Waals surface area contributed by atoms with E-state index < -0.39 is 0 Å². The largest absolute Gasteiger partial charge is 0.338 e. The number of piperidine rings is 1. The van der Waals surface area contributed by atoms with Crippen LogP contribution in [0.25, 0.3) is 0 Å². The van der Waals surface area contributed by atoms with Crippen molar-refractivity contribution in [2.45, 2.75) is 51.1 Å². The van der Waals surface area contributed by atoms with Crippen molar-refractivity contribution in [2.75, 3.05) is 18.1 Å². The molecule has 1 amide bonds. The smallest absolute Gasteiger partial charge is 0.226 e. The highest BCUT2D eigenvalue weighted by Gasteiger charge is 2.33. The van der Waals surface area contributed by atoms with Gasteiger partial charge in [-0.3, -0.25) is 4.79 Å². The predicted octanol–water partition coefficient (Wildman–Crippen LogP) is 1.86. The van der Waals surface area contributed by atoms with E-state index in [-0.39, 0.29) is 18.0 Å². The summed E-state index contributed by atoms with van der Waals surface area (Å²) in [6.45, 7) is 2.96. The molecule has 2 heterocycles. The molecule has 17 heavy (non-hydrogen) atoms. The summed E-state index contributed by atoms with van der Waals surface area (Å²) < 4.78 is 0. The van der Waals surface area contributed by atoms with Crippen LogP contribution in [0.5, 0.6) is 0 Å². The molecule has 2 aliphatic rings. The van der Waals surface area contributed by atoms with Crippen molar-refractivity contribution in [1.82, 2.24) is 4.90 Å². The first kappa shape index (κ1) is 13.2. The Morgan fingerprint density at radius 2 is 2.00 bits per heavy atom. The SMILES string of the molecule is CC(N)C1CCCCN1C(=O)C1CCSCC1. The number of likely N-dealkylation sites (tertiary alicyclic amines) is 1. The van der Waals surface area contributed by atoms with Gasteiger partial charge in [-0.15, -0.1) is 0 Å². The van der Waals surface area contributed by atoms with Crippen molar-refractivity contribution in [3.63, 3.8) is 0 Å². The van der Waals surface area contributed by atoms with E-state index in [2.05, 4.69) is 4.90 Å². The summed E-state index contributed by atoms with van der Waals surface area (Å²) >= 11 is 1.97. The average Bonchev–Trinajstić information content (AvgIpc) is 2.39. The van der Waals surface area contributed by atoms with Gasteiger partial charge in [-0.2, -0.15) is 11.8 Å². The van der Waals surface area contributed by atoms with Crippen LogP contribution < -0.4 is 5.73 Å². The Bertz CT molecular complexity index is 264. The molecule has 2 unspecified atom stereocenters. The lowest BCUT2D eigenvalue weighted by atomic mass is 9.93. The van der Waals surface area contributed by atoms with E-state index in [1.165, 1.54) is 6.42 Å². The van der Waals surface area contributed by atoms with Gasteiger partial charge in [-0.1, -0.05) is 0 Å². The molecule has 2 aliphatic heterocycles. The van der Waals surface area contributed by atoms with E-state index in [0.29, 0.717) is 5.91 Å². The van der Waals surface area contributed by atoms with Gasteiger partial charge in [0.25, 0.3) is 0 Å². The number of nitrogens with two attached hydrogens (primary N) is 1. The summed E-state index contributed by atoms with van der Waals surface area (Å²) in [6, 6.07) is 0.392. The molecular weight excluding hydrogens is 232 g/mol. The first-order valence-corrected chi connectivity index (χ1v) is 7.99. The Labute approximate surface area is 108 Å². The third kappa shape index (κ3) is 3.16. The number of hydrogen-bond donors (Lipinski definition) is 1. The third-order valence-electron chi connectivity index (χ3n) is 4.01. The van der Waals surface area contributed by atoms with E-state index in [1.807, 2.05) is 18.7 Å². The van der Waals surface area contributed by atoms with Crippen molar-refractivity contribution in [2.24, 2.45) is 11.7 Å². The van der Waals surface area contributed by atoms with Gasteiger partial charge in [-0.05, 0) is 50.5 Å². The van der Waals surface area contributed by atoms with Gasteiger partial charge in [0.1, 0.15) is 0 Å². The number of amides is 1. The zero-order chi connectivity index (χ0) is 12.3. The number of hydrogen-bond acceptors (Lipinski definition) is 3. The zero-order valence-corrected chi connectivity index (χ0v) is 11.5. The number of rotatable bonds is 2. The average molecular weight is 256 g/mol. The molecule has 0 aliphatic carbocycles. The third-order valence-corrected chi connectivity index (χ3v) is 5.06. The summed E-state index contributed by atoms with van der Waals surface area (Å²) in [7, 11) is 0. The van der Waals surface area contributed by atoms with Crippen molar-refractivity contribution in [3.05, 3.63) is 0 Å². The molecule has 98 valence electrons. The Kier molecular flexibility index (Phi) is 4.74. The van der Waals surface area contributed by atoms with Gasteiger partial charge in [-0.25, -0.2) is 0 Å². The molecule has 4 heteroatoms. The second-order valence-electron chi connectivity index (χ2n) is 5.34. The molecule has 0 bridgehead atoms. The first-order valence-electron chi connectivity index (χ1n) is 6.84. The fourth-order valence-corrected chi connectivity index (χ4v) is 4.06. The fourth-order valence-electron chi connectivity index (χ4n) is 2.96. The van der Waals surface area contributed by atoms with Gasteiger partial charge in [0.2, 0.25) is 5.91 Å². The minimum Gasteiger partial charge on any atom is -0.338 e. The molecule has 2 N–H and O–H groups in total. The Hall–Kier alpha value is -0.220. The van der Waals surface area contributed by atoms with Gasteiger partial charge in [0, 0.05) is 24.5 Å². The summed E-state index contributed by atoms with van der Waals surface area (Å²) in [5.41, 5.74) is 6.03. The molecule has 0 saturated carbocycles. The molecule has 3 nitrogen and oxygen atoms in total. The molecule has 2 rings (SSSR count). The van der Waals surface area contributed by atoms with Gasteiger partial charge < -0.3 is 10.6 Å². The second-order valence-corrected chi connectivity index (χ2v) is 6.57. The van der Waals surface area contributed by atoms with Crippen LogP contribution >= 0.6 is 11.8 Å². The summed E-state index contributed by atoms with van der Waals surface area (Å²) in [5, 5.41) is 0. The minimum absolute atomic E-state index is 0.109. The van der Waals surface area contributed by atoms with Gasteiger partial charge in [0.05, 0.1) is 0 Å². The molecule has 2 fully saturated rings. The Balaban J connectivity index is 1.99. The van der Waals surface area contributed by atoms with Crippen LogP contribution in [0.4, 0.5) is 0 Å². The zero-order valence-electron chi connectivity index (χ0n) is 10.7. The maximum Gasteiger partial charge on any atom is 0.226 e. The van der Waals surface area contributed by atoms with Crippen LogP contribution in [-0.4, -0.2) is 40.9 Å².